The van der Waals surface area contributed by atoms with E-state index in [4.69, 9.17) is 0 Å². The van der Waals surface area contributed by atoms with Crippen LogP contribution in [-0.2, 0) is 0 Å². The Balaban J connectivity index is 1.55. The van der Waals surface area contributed by atoms with Crippen LogP contribution in [0.25, 0.3) is 22.1 Å². The zero-order chi connectivity index (χ0) is 19.6. The van der Waals surface area contributed by atoms with Gasteiger partial charge in [0.2, 0.25) is 5.16 Å². The third-order valence-electron chi connectivity index (χ3n) is 4.72. The highest BCUT2D eigenvalue weighted by Gasteiger charge is 2.25. The average Bonchev–Trinajstić information content (AvgIpc) is 3.16. The highest BCUT2D eigenvalue weighted by atomic mass is 32.2. The standard InChI is InChI=1S/C23H16N4OS/c28-20(15-9-3-1-4-10-15)21(16-11-5-2-6-12-16)29-23-25-22-19(26-27-23)17-13-7-8-14-18(17)24-22/h1-14,21H,(H,24,25,27)/t21-/m0/s1. The number of fused-ring (bicyclic) bond motifs is 3. The highest BCUT2D eigenvalue weighted by molar-refractivity contribution is 8.00. The summed E-state index contributed by atoms with van der Waals surface area (Å²) in [5.74, 6) is 0.0159. The molecule has 0 amide bonds. The molecule has 5 rings (SSSR count). The lowest BCUT2D eigenvalue weighted by Gasteiger charge is -2.15. The molecule has 1 atom stereocenters. The first-order valence-corrected chi connectivity index (χ1v) is 10.1. The summed E-state index contributed by atoms with van der Waals surface area (Å²) in [5, 5.41) is 9.66. The molecular formula is C23H16N4OS. The number of nitrogens with one attached hydrogen (secondary N) is 1. The quantitative estimate of drug-likeness (QED) is 0.326. The van der Waals surface area contributed by atoms with Crippen LogP contribution >= 0.6 is 11.8 Å². The molecule has 0 aliphatic rings. The molecule has 0 fully saturated rings. The van der Waals surface area contributed by atoms with Crippen molar-refractivity contribution >= 4 is 39.6 Å². The van der Waals surface area contributed by atoms with Crippen LogP contribution in [0.2, 0.25) is 0 Å². The van der Waals surface area contributed by atoms with Crippen molar-refractivity contribution in [3.8, 4) is 0 Å². The number of nitrogens with zero attached hydrogens (tertiary/aromatic N) is 3. The van der Waals surface area contributed by atoms with Gasteiger partial charge in [-0.1, -0.05) is 90.6 Å². The van der Waals surface area contributed by atoms with Gasteiger partial charge in [-0.25, -0.2) is 4.98 Å². The maximum Gasteiger partial charge on any atom is 0.212 e. The molecule has 5 nitrogen and oxygen atoms in total. The Morgan fingerprint density at radius 2 is 1.52 bits per heavy atom. The summed E-state index contributed by atoms with van der Waals surface area (Å²) >= 11 is 1.32. The molecule has 0 spiro atoms. The van der Waals surface area contributed by atoms with Crippen molar-refractivity contribution in [2.45, 2.75) is 10.4 Å². The van der Waals surface area contributed by atoms with E-state index in [-0.39, 0.29) is 5.78 Å². The summed E-state index contributed by atoms with van der Waals surface area (Å²) in [4.78, 5) is 21.2. The van der Waals surface area contributed by atoms with Gasteiger partial charge in [0.1, 0.15) is 10.8 Å². The van der Waals surface area contributed by atoms with Gasteiger partial charge in [-0.2, -0.15) is 0 Å². The predicted octanol–water partition coefficient (Wildman–Crippen LogP) is 5.22. The first kappa shape index (κ1) is 17.6. The molecule has 0 aliphatic carbocycles. The summed E-state index contributed by atoms with van der Waals surface area (Å²) in [6.45, 7) is 0. The Morgan fingerprint density at radius 1 is 0.828 bits per heavy atom. The lowest BCUT2D eigenvalue weighted by molar-refractivity contribution is 0.0989. The van der Waals surface area contributed by atoms with E-state index in [1.807, 2.05) is 84.9 Å². The number of hydrogen-bond donors (Lipinski definition) is 1. The second-order valence-electron chi connectivity index (χ2n) is 6.60. The van der Waals surface area contributed by atoms with Crippen LogP contribution in [0.15, 0.2) is 90.1 Å². The van der Waals surface area contributed by atoms with Crippen molar-refractivity contribution in [1.82, 2.24) is 20.2 Å². The average molecular weight is 396 g/mol. The normalized spacial score (nSPS) is 12.3. The number of para-hydroxylation sites is 1. The van der Waals surface area contributed by atoms with E-state index in [2.05, 4.69) is 20.2 Å². The maximum atomic E-state index is 13.2. The zero-order valence-electron chi connectivity index (χ0n) is 15.3. The number of thioether (sulfide) groups is 1. The molecule has 6 heteroatoms. The summed E-state index contributed by atoms with van der Waals surface area (Å²) < 4.78 is 0. The highest BCUT2D eigenvalue weighted by Crippen LogP contribution is 2.36. The zero-order valence-corrected chi connectivity index (χ0v) is 16.1. The Morgan fingerprint density at radius 3 is 2.31 bits per heavy atom. The van der Waals surface area contributed by atoms with Crippen LogP contribution in [0.1, 0.15) is 21.2 Å². The second kappa shape index (κ2) is 7.48. The van der Waals surface area contributed by atoms with Gasteiger partial charge in [-0.15, -0.1) is 10.2 Å². The van der Waals surface area contributed by atoms with Crippen LogP contribution < -0.4 is 0 Å². The number of Topliss-reactive ketones (excluding diaryl/α,β-unsaturated/α-hetero) is 1. The van der Waals surface area contributed by atoms with Gasteiger partial charge in [0.05, 0.1) is 0 Å². The molecule has 0 aliphatic heterocycles. The minimum absolute atomic E-state index is 0.0159. The fourth-order valence-corrected chi connectivity index (χ4v) is 4.29. The van der Waals surface area contributed by atoms with E-state index >= 15 is 0 Å². The largest absolute Gasteiger partial charge is 0.338 e. The maximum absolute atomic E-state index is 13.2. The van der Waals surface area contributed by atoms with E-state index in [0.717, 1.165) is 22.0 Å². The van der Waals surface area contributed by atoms with Crippen molar-refractivity contribution < 1.29 is 4.79 Å². The molecule has 0 saturated heterocycles. The molecule has 29 heavy (non-hydrogen) atoms. The number of rotatable bonds is 5. The minimum Gasteiger partial charge on any atom is -0.338 e. The van der Waals surface area contributed by atoms with Gasteiger partial charge >= 0.3 is 0 Å². The second-order valence-corrected chi connectivity index (χ2v) is 7.67. The number of carbonyl (C=O) groups excluding carboxylic acids is 1. The minimum atomic E-state index is -0.456. The van der Waals surface area contributed by atoms with Gasteiger partial charge in [0.25, 0.3) is 0 Å². The van der Waals surface area contributed by atoms with Crippen LogP contribution in [0.3, 0.4) is 0 Å². The van der Waals surface area contributed by atoms with Crippen molar-refractivity contribution in [1.29, 1.82) is 0 Å². The molecule has 0 radical (unpaired) electrons. The molecule has 2 aromatic heterocycles. The number of ketones is 1. The monoisotopic (exact) mass is 396 g/mol. The first-order chi connectivity index (χ1) is 14.3. The van der Waals surface area contributed by atoms with Gasteiger partial charge in [-0.3, -0.25) is 4.79 Å². The van der Waals surface area contributed by atoms with Gasteiger partial charge in [-0.05, 0) is 11.6 Å². The smallest absolute Gasteiger partial charge is 0.212 e. The number of carbonyl (C=O) groups is 1. The topological polar surface area (TPSA) is 71.5 Å². The van der Waals surface area contributed by atoms with Crippen LogP contribution in [0.5, 0.6) is 0 Å². The molecule has 1 N–H and O–H groups in total. The number of hydrogen-bond acceptors (Lipinski definition) is 5. The number of H-pyrrole nitrogens is 1. The number of benzene rings is 3. The number of aromatic amines is 1. The number of aromatic nitrogens is 4. The molecule has 0 unspecified atom stereocenters. The Bertz CT molecular complexity index is 1300. The van der Waals surface area contributed by atoms with Gasteiger partial charge in [0.15, 0.2) is 11.4 Å². The fourth-order valence-electron chi connectivity index (χ4n) is 3.32. The van der Waals surface area contributed by atoms with Crippen LogP contribution in [-0.4, -0.2) is 25.9 Å². The van der Waals surface area contributed by atoms with Crippen molar-refractivity contribution in [3.05, 3.63) is 96.1 Å². The van der Waals surface area contributed by atoms with Crippen molar-refractivity contribution in [3.63, 3.8) is 0 Å². The lowest BCUT2D eigenvalue weighted by atomic mass is 10.0. The third-order valence-corrected chi connectivity index (χ3v) is 5.83. The predicted molar refractivity (Wildman–Crippen MR) is 115 cm³/mol. The lowest BCUT2D eigenvalue weighted by Crippen LogP contribution is -2.10. The van der Waals surface area contributed by atoms with E-state index in [9.17, 15) is 4.79 Å². The van der Waals surface area contributed by atoms with Crippen molar-refractivity contribution in [2.75, 3.05) is 0 Å². The van der Waals surface area contributed by atoms with E-state index < -0.39 is 5.25 Å². The Kier molecular flexibility index (Phi) is 4.54. The molecule has 3 aromatic carbocycles. The van der Waals surface area contributed by atoms with Gasteiger partial charge in [0, 0.05) is 16.5 Å². The van der Waals surface area contributed by atoms with E-state index in [0.29, 0.717) is 16.4 Å². The third kappa shape index (κ3) is 3.39. The van der Waals surface area contributed by atoms with Crippen LogP contribution in [0.4, 0.5) is 0 Å². The Hall–Kier alpha value is -3.51. The summed E-state index contributed by atoms with van der Waals surface area (Å²) in [6.07, 6.45) is 0. The fraction of sp³-hybridized carbons (Fsp3) is 0.0435. The molecule has 2 heterocycles. The summed E-state index contributed by atoms with van der Waals surface area (Å²) in [7, 11) is 0. The van der Waals surface area contributed by atoms with Crippen LogP contribution in [0, 0.1) is 0 Å². The molecule has 140 valence electrons. The van der Waals surface area contributed by atoms with Crippen molar-refractivity contribution in [2.24, 2.45) is 0 Å². The van der Waals surface area contributed by atoms with E-state index in [1.54, 1.807) is 0 Å². The molecule has 0 bridgehead atoms. The SMILES string of the molecule is O=C(c1ccccc1)[C@@H](Sc1nnc2c(n1)[nH]c1ccccc12)c1ccccc1. The van der Waals surface area contributed by atoms with E-state index in [1.165, 1.54) is 11.8 Å². The molecule has 5 aromatic rings. The first-order valence-electron chi connectivity index (χ1n) is 9.21. The summed E-state index contributed by atoms with van der Waals surface area (Å²) in [5.41, 5.74) is 3.94. The molecule has 0 saturated carbocycles. The van der Waals surface area contributed by atoms with Gasteiger partial charge < -0.3 is 4.98 Å². The summed E-state index contributed by atoms with van der Waals surface area (Å²) in [6, 6.07) is 26.9. The molecular weight excluding hydrogens is 380 g/mol. The Labute approximate surface area is 171 Å².